The van der Waals surface area contributed by atoms with E-state index in [1.165, 1.54) is 11.3 Å². The van der Waals surface area contributed by atoms with Gasteiger partial charge in [0.15, 0.2) is 5.78 Å². The summed E-state index contributed by atoms with van der Waals surface area (Å²) in [4.78, 5) is 26.1. The van der Waals surface area contributed by atoms with Crippen molar-refractivity contribution in [1.82, 2.24) is 4.98 Å². The van der Waals surface area contributed by atoms with E-state index in [1.54, 1.807) is 0 Å². The Kier molecular flexibility index (Phi) is 5.58. The predicted molar refractivity (Wildman–Crippen MR) is 80.2 cm³/mol. The minimum absolute atomic E-state index is 0. The van der Waals surface area contributed by atoms with Crippen molar-refractivity contribution in [3.63, 3.8) is 0 Å². The van der Waals surface area contributed by atoms with E-state index in [2.05, 4.69) is 4.98 Å². The fourth-order valence-corrected chi connectivity index (χ4v) is 3.15. The van der Waals surface area contributed by atoms with Gasteiger partial charge in [0.05, 0.1) is 4.88 Å². The van der Waals surface area contributed by atoms with Crippen molar-refractivity contribution in [3.05, 3.63) is 46.8 Å². The van der Waals surface area contributed by atoms with Crippen molar-refractivity contribution >= 4 is 34.0 Å². The van der Waals surface area contributed by atoms with Crippen LogP contribution in [0.1, 0.15) is 22.5 Å². The molecule has 0 aliphatic rings. The molecule has 4 nitrogen and oxygen atoms in total. The van der Waals surface area contributed by atoms with E-state index < -0.39 is 5.97 Å². The molecule has 1 aromatic carbocycles. The van der Waals surface area contributed by atoms with Gasteiger partial charge >= 0.3 is 29.6 Å². The van der Waals surface area contributed by atoms with E-state index in [0.29, 0.717) is 4.88 Å². The summed E-state index contributed by atoms with van der Waals surface area (Å²) < 4.78 is 0. The van der Waals surface area contributed by atoms with Crippen molar-refractivity contribution < 1.29 is 44.3 Å². The van der Waals surface area contributed by atoms with Gasteiger partial charge in [-0.15, -0.1) is 11.3 Å². The van der Waals surface area contributed by atoms with Crippen molar-refractivity contribution in [2.75, 3.05) is 0 Å². The number of H-pyrrole nitrogens is 1. The van der Waals surface area contributed by atoms with Gasteiger partial charge in [-0.1, -0.05) is 18.2 Å². The van der Waals surface area contributed by atoms with Gasteiger partial charge < -0.3 is 14.9 Å². The molecule has 0 atom stereocenters. The molecule has 0 fully saturated rings. The van der Waals surface area contributed by atoms with Crippen molar-refractivity contribution in [1.29, 1.82) is 0 Å². The van der Waals surface area contributed by atoms with E-state index in [0.717, 1.165) is 22.0 Å². The zero-order valence-corrected chi connectivity index (χ0v) is 14.9. The molecule has 0 unspecified atom stereocenters. The van der Waals surface area contributed by atoms with E-state index in [-0.39, 0.29) is 48.2 Å². The quantitative estimate of drug-likeness (QED) is 0.514. The molecule has 2 aromatic heterocycles. The van der Waals surface area contributed by atoms with Gasteiger partial charge in [-0.2, -0.15) is 0 Å². The summed E-state index contributed by atoms with van der Waals surface area (Å²) in [6, 6.07) is 9.77. The number of nitrogens with one attached hydrogen (secondary N) is 1. The standard InChI is InChI=1S/C16H13NO3S.Na/c18-14(5-6-16(19)20)15-7-10(9-21-15)12-8-17-13-4-2-1-3-11(12)13;/h1-4,7-9,17H,5-6H2,(H,19,20);/q;+1/p-1. The molecular formula is C16H12NNaO3S. The molecule has 0 spiro atoms. The van der Waals surface area contributed by atoms with E-state index in [9.17, 15) is 14.7 Å². The summed E-state index contributed by atoms with van der Waals surface area (Å²) in [5.74, 6) is -1.35. The fourth-order valence-electron chi connectivity index (χ4n) is 2.27. The number of Topliss-reactive ketones (excluding diaryl/α,β-unsaturated/α-hetero) is 1. The summed E-state index contributed by atoms with van der Waals surface area (Å²) in [5.41, 5.74) is 3.05. The van der Waals surface area contributed by atoms with Crippen LogP contribution in [-0.4, -0.2) is 16.7 Å². The molecule has 0 radical (unpaired) electrons. The molecular weight excluding hydrogens is 309 g/mol. The smallest absolute Gasteiger partial charge is 0.550 e. The molecule has 3 rings (SSSR count). The Labute approximate surface area is 153 Å². The van der Waals surface area contributed by atoms with Crippen LogP contribution in [0.2, 0.25) is 0 Å². The van der Waals surface area contributed by atoms with Crippen LogP contribution in [0.3, 0.4) is 0 Å². The fraction of sp³-hybridized carbons (Fsp3) is 0.125. The van der Waals surface area contributed by atoms with Gasteiger partial charge in [-0.3, -0.25) is 4.79 Å². The molecule has 1 N–H and O–H groups in total. The number of fused-ring (bicyclic) bond motifs is 1. The van der Waals surface area contributed by atoms with Crippen LogP contribution >= 0.6 is 11.3 Å². The number of aromatic amines is 1. The number of carbonyl (C=O) groups excluding carboxylic acids is 2. The SMILES string of the molecule is O=C([O-])CCC(=O)c1cc(-c2c[nH]c3ccccc23)cs1.[Na+]. The number of carbonyl (C=O) groups is 2. The topological polar surface area (TPSA) is 73.0 Å². The molecule has 0 aliphatic heterocycles. The number of aliphatic carboxylic acids is 1. The normalized spacial score (nSPS) is 10.4. The first-order chi connectivity index (χ1) is 10.1. The van der Waals surface area contributed by atoms with Crippen LogP contribution in [0, 0.1) is 0 Å². The number of benzene rings is 1. The maximum absolute atomic E-state index is 11.9. The molecule has 6 heteroatoms. The average molecular weight is 321 g/mol. The van der Waals surface area contributed by atoms with Gasteiger partial charge in [0, 0.05) is 35.1 Å². The van der Waals surface area contributed by atoms with Gasteiger partial charge in [0.1, 0.15) is 0 Å². The van der Waals surface area contributed by atoms with Gasteiger partial charge in [0.2, 0.25) is 0 Å². The monoisotopic (exact) mass is 321 g/mol. The largest absolute Gasteiger partial charge is 1.00 e. The predicted octanol–water partition coefficient (Wildman–Crippen LogP) is -0.387. The summed E-state index contributed by atoms with van der Waals surface area (Å²) >= 11 is 1.34. The Hall–Kier alpha value is -1.40. The first-order valence-corrected chi connectivity index (χ1v) is 7.41. The zero-order valence-electron chi connectivity index (χ0n) is 12.1. The Balaban J connectivity index is 0.00000176. The summed E-state index contributed by atoms with van der Waals surface area (Å²) in [5, 5.41) is 13.4. The van der Waals surface area contributed by atoms with Crippen LogP contribution in [0.5, 0.6) is 0 Å². The molecule has 3 aromatic rings. The van der Waals surface area contributed by atoms with Crippen LogP contribution in [0.4, 0.5) is 0 Å². The van der Waals surface area contributed by atoms with E-state index >= 15 is 0 Å². The van der Waals surface area contributed by atoms with Gasteiger partial charge in [-0.25, -0.2) is 0 Å². The second-order valence-electron chi connectivity index (χ2n) is 4.74. The molecule has 106 valence electrons. The van der Waals surface area contributed by atoms with Crippen molar-refractivity contribution in [2.24, 2.45) is 0 Å². The van der Waals surface area contributed by atoms with Crippen molar-refractivity contribution in [3.8, 4) is 11.1 Å². The van der Waals surface area contributed by atoms with Crippen LogP contribution in [0.15, 0.2) is 41.9 Å². The Morgan fingerprint density at radius 1 is 1.18 bits per heavy atom. The summed E-state index contributed by atoms with van der Waals surface area (Å²) in [7, 11) is 0. The summed E-state index contributed by atoms with van der Waals surface area (Å²) in [6.45, 7) is 0. The number of para-hydroxylation sites is 1. The third-order valence-corrected chi connectivity index (χ3v) is 4.30. The third-order valence-electron chi connectivity index (χ3n) is 3.33. The maximum atomic E-state index is 11.9. The minimum atomic E-state index is -1.20. The average Bonchev–Trinajstić information content (AvgIpc) is 3.10. The first-order valence-electron chi connectivity index (χ1n) is 6.53. The molecule has 2 heterocycles. The maximum Gasteiger partial charge on any atom is 1.00 e. The number of hydrogen-bond donors (Lipinski definition) is 1. The number of ketones is 1. The number of aromatic nitrogens is 1. The Bertz CT molecular complexity index is 822. The number of thiophene rings is 1. The first kappa shape index (κ1) is 17.0. The molecule has 0 saturated heterocycles. The molecule has 0 saturated carbocycles. The Morgan fingerprint density at radius 3 is 2.73 bits per heavy atom. The second-order valence-corrected chi connectivity index (χ2v) is 5.65. The molecule has 0 bridgehead atoms. The van der Waals surface area contributed by atoms with Crippen LogP contribution in [0.25, 0.3) is 22.0 Å². The molecule has 0 aliphatic carbocycles. The van der Waals surface area contributed by atoms with Crippen LogP contribution < -0.4 is 34.7 Å². The number of carboxylic acids is 1. The Morgan fingerprint density at radius 2 is 1.95 bits per heavy atom. The van der Waals surface area contributed by atoms with Crippen LogP contribution in [-0.2, 0) is 4.79 Å². The van der Waals surface area contributed by atoms with Gasteiger partial charge in [-0.05, 0) is 29.5 Å². The molecule has 22 heavy (non-hydrogen) atoms. The molecule has 0 amide bonds. The van der Waals surface area contributed by atoms with E-state index in [1.807, 2.05) is 41.9 Å². The minimum Gasteiger partial charge on any atom is -0.550 e. The van der Waals surface area contributed by atoms with E-state index in [4.69, 9.17) is 0 Å². The third kappa shape index (κ3) is 3.50. The number of carboxylic acid groups (broad SMARTS) is 1. The van der Waals surface area contributed by atoms with Crippen molar-refractivity contribution in [2.45, 2.75) is 12.8 Å². The summed E-state index contributed by atoms with van der Waals surface area (Å²) in [6.07, 6.45) is 1.66. The second kappa shape index (κ2) is 7.24. The zero-order chi connectivity index (χ0) is 14.8. The van der Waals surface area contributed by atoms with Gasteiger partial charge in [0.25, 0.3) is 0 Å². The number of rotatable bonds is 5. The number of hydrogen-bond acceptors (Lipinski definition) is 4.